The second-order valence-corrected chi connectivity index (χ2v) is 4.44. The Kier molecular flexibility index (Phi) is 3.64. The number of carbonyl (C=O) groups is 1. The number of aliphatic hydroxyl groups excluding tert-OH is 1. The van der Waals surface area contributed by atoms with Crippen molar-refractivity contribution in [2.75, 3.05) is 18.5 Å². The van der Waals surface area contributed by atoms with Crippen molar-refractivity contribution >= 4 is 11.6 Å². The van der Waals surface area contributed by atoms with E-state index in [1.54, 1.807) is 0 Å². The Balaban J connectivity index is 2.04. The van der Waals surface area contributed by atoms with Crippen LogP contribution in [0, 0.1) is 0 Å². The summed E-state index contributed by atoms with van der Waals surface area (Å²) < 4.78 is 0. The van der Waals surface area contributed by atoms with E-state index in [1.807, 2.05) is 25.1 Å². The number of anilines is 1. The Morgan fingerprint density at radius 2 is 2.41 bits per heavy atom. The molecule has 4 nitrogen and oxygen atoms in total. The molecular formula is C13H18N2O2. The fourth-order valence-corrected chi connectivity index (χ4v) is 2.02. The summed E-state index contributed by atoms with van der Waals surface area (Å²) in [5.74, 6) is -0.0688. The molecule has 1 atom stereocenters. The van der Waals surface area contributed by atoms with Gasteiger partial charge in [0.15, 0.2) is 0 Å². The van der Waals surface area contributed by atoms with Gasteiger partial charge in [0.05, 0.1) is 0 Å². The molecule has 4 heteroatoms. The average molecular weight is 234 g/mol. The molecule has 0 spiro atoms. The Morgan fingerprint density at radius 1 is 1.59 bits per heavy atom. The van der Waals surface area contributed by atoms with Crippen LogP contribution in [0.1, 0.15) is 29.3 Å². The number of fused-ring (bicyclic) bond motifs is 1. The number of hydrogen-bond donors (Lipinski definition) is 3. The van der Waals surface area contributed by atoms with Crippen LogP contribution in [0.4, 0.5) is 5.69 Å². The summed E-state index contributed by atoms with van der Waals surface area (Å²) in [4.78, 5) is 11.9. The molecule has 0 saturated carbocycles. The highest BCUT2D eigenvalue weighted by Gasteiger charge is 2.14. The third kappa shape index (κ3) is 2.77. The van der Waals surface area contributed by atoms with Crippen molar-refractivity contribution in [1.29, 1.82) is 0 Å². The quantitative estimate of drug-likeness (QED) is 0.732. The van der Waals surface area contributed by atoms with Crippen LogP contribution in [0.25, 0.3) is 0 Å². The van der Waals surface area contributed by atoms with Gasteiger partial charge in [-0.15, -0.1) is 0 Å². The van der Waals surface area contributed by atoms with E-state index in [2.05, 4.69) is 10.6 Å². The molecule has 0 aliphatic carbocycles. The second kappa shape index (κ2) is 5.19. The largest absolute Gasteiger partial charge is 0.396 e. The standard InChI is InChI=1S/C13H18N2O2/c1-9(5-7-16)15-13(17)11-2-3-12-10(8-11)4-6-14-12/h2-3,8-9,14,16H,4-7H2,1H3,(H,15,17). The normalized spacial score (nSPS) is 14.9. The molecule has 0 saturated heterocycles. The minimum Gasteiger partial charge on any atom is -0.396 e. The Bertz CT molecular complexity index is 418. The molecule has 1 aliphatic heterocycles. The fourth-order valence-electron chi connectivity index (χ4n) is 2.02. The topological polar surface area (TPSA) is 61.4 Å². The minimum absolute atomic E-state index is 0.00104. The maximum Gasteiger partial charge on any atom is 0.251 e. The maximum atomic E-state index is 11.9. The molecule has 17 heavy (non-hydrogen) atoms. The molecule has 2 rings (SSSR count). The van der Waals surface area contributed by atoms with Crippen molar-refractivity contribution in [3.8, 4) is 0 Å². The van der Waals surface area contributed by atoms with Gasteiger partial charge in [0.2, 0.25) is 0 Å². The summed E-state index contributed by atoms with van der Waals surface area (Å²) in [6.07, 6.45) is 1.56. The SMILES string of the molecule is CC(CCO)NC(=O)c1ccc2c(c1)CCN2. The summed E-state index contributed by atoms with van der Waals surface area (Å²) in [6.45, 7) is 2.93. The number of rotatable bonds is 4. The lowest BCUT2D eigenvalue weighted by Gasteiger charge is -2.12. The molecule has 0 bridgehead atoms. The van der Waals surface area contributed by atoms with Crippen molar-refractivity contribution in [2.24, 2.45) is 0 Å². The van der Waals surface area contributed by atoms with Crippen molar-refractivity contribution in [3.63, 3.8) is 0 Å². The number of carbonyl (C=O) groups excluding carboxylic acids is 1. The third-order valence-corrected chi connectivity index (χ3v) is 3.02. The molecule has 0 radical (unpaired) electrons. The van der Waals surface area contributed by atoms with Gasteiger partial charge in [-0.1, -0.05) is 0 Å². The summed E-state index contributed by atoms with van der Waals surface area (Å²) in [5, 5.41) is 14.9. The lowest BCUT2D eigenvalue weighted by molar-refractivity contribution is 0.0934. The molecule has 92 valence electrons. The molecule has 1 aromatic rings. The number of aliphatic hydroxyl groups is 1. The zero-order valence-electron chi connectivity index (χ0n) is 9.99. The number of nitrogens with one attached hydrogen (secondary N) is 2. The van der Waals surface area contributed by atoms with Crippen molar-refractivity contribution in [1.82, 2.24) is 5.32 Å². The number of benzene rings is 1. The van der Waals surface area contributed by atoms with Gasteiger partial charge in [0.1, 0.15) is 0 Å². The first-order valence-electron chi connectivity index (χ1n) is 5.99. The lowest BCUT2D eigenvalue weighted by atomic mass is 10.1. The van der Waals surface area contributed by atoms with Crippen molar-refractivity contribution < 1.29 is 9.90 Å². The Morgan fingerprint density at radius 3 is 3.18 bits per heavy atom. The van der Waals surface area contributed by atoms with Gasteiger partial charge in [0, 0.05) is 30.4 Å². The molecule has 1 heterocycles. The molecule has 1 aliphatic rings. The van der Waals surface area contributed by atoms with Crippen LogP contribution in [-0.4, -0.2) is 30.2 Å². The van der Waals surface area contributed by atoms with Crippen LogP contribution >= 0.6 is 0 Å². The summed E-state index contributed by atoms with van der Waals surface area (Å²) >= 11 is 0. The van der Waals surface area contributed by atoms with Gasteiger partial charge >= 0.3 is 0 Å². The lowest BCUT2D eigenvalue weighted by Crippen LogP contribution is -2.33. The van der Waals surface area contributed by atoms with E-state index < -0.39 is 0 Å². The van der Waals surface area contributed by atoms with Gasteiger partial charge in [-0.2, -0.15) is 0 Å². The van der Waals surface area contributed by atoms with E-state index in [4.69, 9.17) is 5.11 Å². The first kappa shape index (κ1) is 11.9. The van der Waals surface area contributed by atoms with Gasteiger partial charge in [-0.05, 0) is 43.5 Å². The van der Waals surface area contributed by atoms with E-state index in [0.717, 1.165) is 18.7 Å². The predicted octanol–water partition coefficient (Wildman–Crippen LogP) is 1.16. The summed E-state index contributed by atoms with van der Waals surface area (Å²) in [6, 6.07) is 5.72. The number of hydrogen-bond acceptors (Lipinski definition) is 3. The first-order chi connectivity index (χ1) is 8.20. The highest BCUT2D eigenvalue weighted by atomic mass is 16.3. The molecular weight excluding hydrogens is 216 g/mol. The van der Waals surface area contributed by atoms with E-state index >= 15 is 0 Å². The fraction of sp³-hybridized carbons (Fsp3) is 0.462. The minimum atomic E-state index is -0.0688. The van der Waals surface area contributed by atoms with Gasteiger partial charge < -0.3 is 15.7 Å². The van der Waals surface area contributed by atoms with E-state index in [9.17, 15) is 4.79 Å². The zero-order chi connectivity index (χ0) is 12.3. The van der Waals surface area contributed by atoms with Crippen LogP contribution < -0.4 is 10.6 Å². The highest BCUT2D eigenvalue weighted by molar-refractivity contribution is 5.95. The molecule has 1 amide bonds. The molecule has 0 fully saturated rings. The van der Waals surface area contributed by atoms with Gasteiger partial charge in [0.25, 0.3) is 5.91 Å². The predicted molar refractivity (Wildman–Crippen MR) is 67.3 cm³/mol. The van der Waals surface area contributed by atoms with E-state index in [-0.39, 0.29) is 18.6 Å². The molecule has 0 aromatic heterocycles. The van der Waals surface area contributed by atoms with Crippen LogP contribution in [0.15, 0.2) is 18.2 Å². The third-order valence-electron chi connectivity index (χ3n) is 3.02. The average Bonchev–Trinajstić information content (AvgIpc) is 2.75. The zero-order valence-corrected chi connectivity index (χ0v) is 9.99. The van der Waals surface area contributed by atoms with Crippen LogP contribution in [-0.2, 0) is 6.42 Å². The summed E-state index contributed by atoms with van der Waals surface area (Å²) in [5.41, 5.74) is 3.02. The van der Waals surface area contributed by atoms with Crippen LogP contribution in [0.5, 0.6) is 0 Å². The monoisotopic (exact) mass is 234 g/mol. The van der Waals surface area contributed by atoms with Gasteiger partial charge in [-0.3, -0.25) is 4.79 Å². The van der Waals surface area contributed by atoms with Crippen LogP contribution in [0.2, 0.25) is 0 Å². The Labute approximate surface area is 101 Å². The molecule has 1 aromatic carbocycles. The van der Waals surface area contributed by atoms with E-state index in [0.29, 0.717) is 12.0 Å². The molecule has 1 unspecified atom stereocenters. The smallest absolute Gasteiger partial charge is 0.251 e. The van der Waals surface area contributed by atoms with Crippen molar-refractivity contribution in [3.05, 3.63) is 29.3 Å². The van der Waals surface area contributed by atoms with E-state index in [1.165, 1.54) is 5.56 Å². The highest BCUT2D eigenvalue weighted by Crippen LogP contribution is 2.22. The second-order valence-electron chi connectivity index (χ2n) is 4.44. The maximum absolute atomic E-state index is 11.9. The van der Waals surface area contributed by atoms with Crippen molar-refractivity contribution in [2.45, 2.75) is 25.8 Å². The van der Waals surface area contributed by atoms with Gasteiger partial charge in [-0.25, -0.2) is 0 Å². The first-order valence-corrected chi connectivity index (χ1v) is 5.99. The number of amides is 1. The molecule has 3 N–H and O–H groups in total. The van der Waals surface area contributed by atoms with Crippen LogP contribution in [0.3, 0.4) is 0 Å². The Hall–Kier alpha value is -1.55. The summed E-state index contributed by atoms with van der Waals surface area (Å²) in [7, 11) is 0.